The maximum Gasteiger partial charge on any atom is 0.221 e. The fourth-order valence-corrected chi connectivity index (χ4v) is 5.43. The van der Waals surface area contributed by atoms with E-state index in [2.05, 4.69) is 20.4 Å². The Morgan fingerprint density at radius 3 is 2.51 bits per heavy atom. The normalized spacial score (nSPS) is 12.6. The number of aromatic hydroxyl groups is 1. The van der Waals surface area contributed by atoms with Crippen LogP contribution in [0.1, 0.15) is 40.7 Å². The number of rotatable bonds is 10. The third kappa shape index (κ3) is 6.11. The van der Waals surface area contributed by atoms with Gasteiger partial charge in [0.1, 0.15) is 18.2 Å². The molecule has 1 unspecified atom stereocenters. The molecule has 0 fully saturated rings. The van der Waals surface area contributed by atoms with Crippen LogP contribution in [0.2, 0.25) is 5.02 Å². The molecule has 0 bridgehead atoms. The van der Waals surface area contributed by atoms with Gasteiger partial charge >= 0.3 is 0 Å². The third-order valence-electron chi connectivity index (χ3n) is 7.59. The number of H-pyrrole nitrogens is 1. The minimum Gasteiger partial charge on any atom is -0.507 e. The smallest absolute Gasteiger partial charge is 0.221 e. The summed E-state index contributed by atoms with van der Waals surface area (Å²) >= 11 is 6.17. The Morgan fingerprint density at radius 1 is 1.09 bits per heavy atom. The number of aryl methyl sites for hydroxylation is 1. The lowest BCUT2D eigenvalue weighted by molar-refractivity contribution is -0.119. The van der Waals surface area contributed by atoms with Crippen LogP contribution in [0.5, 0.6) is 11.6 Å². The van der Waals surface area contributed by atoms with Gasteiger partial charge in [0.15, 0.2) is 5.60 Å². The number of hydrogen-bond acceptors (Lipinski definition) is 7. The van der Waals surface area contributed by atoms with E-state index in [9.17, 15) is 15.0 Å². The zero-order chi connectivity index (χ0) is 31.6. The van der Waals surface area contributed by atoms with Gasteiger partial charge in [-0.15, -0.1) is 0 Å². The number of imidazole rings is 1. The number of amides is 1. The number of ether oxygens (including phenoxy) is 1. The minimum atomic E-state index is -1.64. The number of benzene rings is 3. The van der Waals surface area contributed by atoms with E-state index in [0.29, 0.717) is 50.6 Å². The lowest BCUT2D eigenvalue weighted by Crippen LogP contribution is -2.29. The number of aromatic nitrogens is 5. The van der Waals surface area contributed by atoms with Gasteiger partial charge < -0.3 is 25.3 Å². The molecule has 0 saturated carbocycles. The lowest BCUT2D eigenvalue weighted by atomic mass is 9.83. The van der Waals surface area contributed by atoms with Crippen LogP contribution in [0.15, 0.2) is 91.4 Å². The number of nitrogens with zero attached hydrogens (tertiary/aromatic N) is 4. The molecule has 11 heteroatoms. The van der Waals surface area contributed by atoms with Crippen molar-refractivity contribution in [1.82, 2.24) is 30.0 Å². The number of nitrogens with one attached hydrogen (secondary N) is 2. The summed E-state index contributed by atoms with van der Waals surface area (Å²) in [4.78, 5) is 23.6. The van der Waals surface area contributed by atoms with Crippen molar-refractivity contribution in [3.8, 4) is 17.3 Å². The van der Waals surface area contributed by atoms with Crippen LogP contribution >= 0.6 is 11.6 Å². The van der Waals surface area contributed by atoms with Gasteiger partial charge in [0.25, 0.3) is 0 Å². The van der Waals surface area contributed by atoms with Crippen LogP contribution in [-0.4, -0.2) is 54.0 Å². The summed E-state index contributed by atoms with van der Waals surface area (Å²) in [6.07, 6.45) is 5.49. The second kappa shape index (κ2) is 12.4. The molecule has 228 valence electrons. The maximum absolute atomic E-state index is 12.3. The van der Waals surface area contributed by atoms with Gasteiger partial charge in [-0.2, -0.15) is 5.10 Å². The van der Waals surface area contributed by atoms with Crippen molar-refractivity contribution in [2.45, 2.75) is 25.9 Å². The summed E-state index contributed by atoms with van der Waals surface area (Å²) in [6.45, 7) is 3.69. The number of aliphatic hydroxyl groups is 1. The first-order chi connectivity index (χ1) is 21.7. The molecule has 4 N–H and O–H groups in total. The van der Waals surface area contributed by atoms with Crippen molar-refractivity contribution >= 4 is 28.4 Å². The largest absolute Gasteiger partial charge is 0.507 e. The Bertz CT molecular complexity index is 1960. The van der Waals surface area contributed by atoms with Crippen LogP contribution in [0.25, 0.3) is 16.6 Å². The van der Waals surface area contributed by atoms with Crippen molar-refractivity contribution in [2.24, 2.45) is 0 Å². The van der Waals surface area contributed by atoms with E-state index in [4.69, 9.17) is 21.3 Å². The second-order valence-electron chi connectivity index (χ2n) is 10.7. The van der Waals surface area contributed by atoms with Crippen LogP contribution in [0.4, 0.5) is 0 Å². The number of hydrogen-bond donors (Lipinski definition) is 4. The van der Waals surface area contributed by atoms with Crippen molar-refractivity contribution < 1.29 is 19.7 Å². The molecular weight excluding hydrogens is 592 g/mol. The molecule has 0 aliphatic carbocycles. The highest BCUT2D eigenvalue weighted by atomic mass is 35.5. The molecule has 3 aromatic carbocycles. The van der Waals surface area contributed by atoms with Crippen LogP contribution in [0, 0.1) is 6.92 Å². The second-order valence-corrected chi connectivity index (χ2v) is 11.1. The first kappa shape index (κ1) is 29.9. The summed E-state index contributed by atoms with van der Waals surface area (Å²) in [5, 5.41) is 32.1. The highest BCUT2D eigenvalue weighted by molar-refractivity contribution is 6.30. The fraction of sp³-hybridized carbons (Fsp3) is 0.176. The number of halogens is 1. The number of aromatic amines is 1. The highest BCUT2D eigenvalue weighted by Gasteiger charge is 2.36. The molecule has 0 spiro atoms. The maximum atomic E-state index is 12.3. The number of carbonyl (C=O) groups excluding carboxylic acids is 1. The third-order valence-corrected chi connectivity index (χ3v) is 7.84. The van der Waals surface area contributed by atoms with Crippen molar-refractivity contribution in [3.63, 3.8) is 0 Å². The summed E-state index contributed by atoms with van der Waals surface area (Å²) in [5.41, 5.74) is 2.65. The monoisotopic (exact) mass is 622 g/mol. The minimum absolute atomic E-state index is 0.0215. The van der Waals surface area contributed by atoms with Gasteiger partial charge in [0.05, 0.1) is 35.2 Å². The molecular formula is C34H31ClN6O4. The molecule has 0 aliphatic rings. The average Bonchev–Trinajstić information content (AvgIpc) is 3.74. The van der Waals surface area contributed by atoms with E-state index in [1.165, 1.54) is 6.92 Å². The molecule has 0 radical (unpaired) electrons. The van der Waals surface area contributed by atoms with Gasteiger partial charge in [-0.3, -0.25) is 4.79 Å². The number of fused-ring (bicyclic) bond motifs is 1. The molecule has 0 aliphatic heterocycles. The van der Waals surface area contributed by atoms with Gasteiger partial charge in [-0.05, 0) is 66.1 Å². The first-order valence-electron chi connectivity index (χ1n) is 14.3. The van der Waals surface area contributed by atoms with E-state index in [1.54, 1.807) is 59.5 Å². The quantitative estimate of drug-likeness (QED) is 0.154. The van der Waals surface area contributed by atoms with Crippen molar-refractivity contribution in [3.05, 3.63) is 130 Å². The van der Waals surface area contributed by atoms with Gasteiger partial charge in [-0.25, -0.2) is 14.6 Å². The number of pyridine rings is 1. The zero-order valence-corrected chi connectivity index (χ0v) is 25.4. The summed E-state index contributed by atoms with van der Waals surface area (Å²) in [5.74, 6) is 0.710. The van der Waals surface area contributed by atoms with Gasteiger partial charge in [0.2, 0.25) is 11.8 Å². The fourth-order valence-electron chi connectivity index (χ4n) is 5.31. The van der Waals surface area contributed by atoms with Crippen molar-refractivity contribution in [1.29, 1.82) is 0 Å². The Hall–Kier alpha value is -5.19. The zero-order valence-electron chi connectivity index (χ0n) is 24.7. The SMILES string of the molecule is CC(=O)NCCOc1nc2ccc(C(O)(c3ccc(Cl)cc3)c3cnc(C)[nH]3)cc2c(O)c1Cc1ccc(-n2cccn2)cc1. The van der Waals surface area contributed by atoms with E-state index in [1.807, 2.05) is 43.5 Å². The number of carbonyl (C=O) groups is 1. The Morgan fingerprint density at radius 2 is 1.84 bits per heavy atom. The van der Waals surface area contributed by atoms with Crippen molar-refractivity contribution in [2.75, 3.05) is 13.2 Å². The van der Waals surface area contributed by atoms with Crippen LogP contribution in [-0.2, 0) is 16.8 Å². The predicted molar refractivity (Wildman–Crippen MR) is 171 cm³/mol. The average molecular weight is 623 g/mol. The predicted octanol–water partition coefficient (Wildman–Crippen LogP) is 5.20. The standard InChI is InChI=1S/C34H31ClN6O4/c1-21-37-20-31(39-21)34(44,24-6-9-26(35)10-7-24)25-8-13-30-28(19-25)32(43)29(33(40-30)45-17-15-36-22(2)42)18-23-4-11-27(12-5-23)41-16-3-14-38-41/h3-14,16,19-20,44H,15,17-18H2,1-2H3,(H,36,42)(H,37,39)(H,40,43). The summed E-state index contributed by atoms with van der Waals surface area (Å²) in [6, 6.07) is 21.8. The first-order valence-corrected chi connectivity index (χ1v) is 14.7. The molecule has 3 heterocycles. The van der Waals surface area contributed by atoms with E-state index < -0.39 is 5.60 Å². The van der Waals surface area contributed by atoms with Gasteiger partial charge in [-0.1, -0.05) is 41.9 Å². The molecule has 3 aromatic heterocycles. The molecule has 1 amide bonds. The Labute approximate surface area is 264 Å². The molecule has 45 heavy (non-hydrogen) atoms. The molecule has 6 rings (SSSR count). The lowest BCUT2D eigenvalue weighted by Gasteiger charge is -2.29. The molecule has 10 nitrogen and oxygen atoms in total. The van der Waals surface area contributed by atoms with Crippen LogP contribution < -0.4 is 10.1 Å². The van der Waals surface area contributed by atoms with E-state index >= 15 is 0 Å². The Balaban J connectivity index is 1.44. The summed E-state index contributed by atoms with van der Waals surface area (Å²) < 4.78 is 7.77. The van der Waals surface area contributed by atoms with E-state index in [0.717, 1.165) is 11.3 Å². The highest BCUT2D eigenvalue weighted by Crippen LogP contribution is 2.41. The topological polar surface area (TPSA) is 138 Å². The molecule has 6 aromatic rings. The summed E-state index contributed by atoms with van der Waals surface area (Å²) in [7, 11) is 0. The van der Waals surface area contributed by atoms with Crippen LogP contribution in [0.3, 0.4) is 0 Å². The molecule has 1 atom stereocenters. The Kier molecular flexibility index (Phi) is 8.25. The van der Waals surface area contributed by atoms with E-state index in [-0.39, 0.29) is 30.7 Å². The molecule has 0 saturated heterocycles. The van der Waals surface area contributed by atoms with Gasteiger partial charge in [0, 0.05) is 36.1 Å².